The predicted molar refractivity (Wildman–Crippen MR) is 391 cm³/mol. The van der Waals surface area contributed by atoms with Gasteiger partial charge in [0.15, 0.2) is 40.3 Å². The molecule has 0 radical (unpaired) electrons. The fourth-order valence-electron chi connectivity index (χ4n) is 12.3. The van der Waals surface area contributed by atoms with Crippen LogP contribution in [0.1, 0.15) is 91.1 Å². The summed E-state index contributed by atoms with van der Waals surface area (Å²) in [5.74, 6) is -0.288. The maximum atomic E-state index is 14.2. The SMILES string of the molecule is COc1cc2c(cc1OCCCOc1cc3c(cc1OC)C(=O)N1C=C(c4ccc(NC(=O)[C@H](C)CC(=O)C(NC(=O)CCOCCOCCOCCOCCOCCOCCOCCOCCNC(=O)CCN5C(=O)C=CC5=O)C(C)C)cc4)C[C@H]1CN3)N=C[C@@H]1CC(c3ccc4c(c3)OCO4)=CN1C2=O. The standard InChI is InChI=1S/C77H96N8O22/c1-50(2)74(82-71(88)16-21-96-23-25-98-27-29-100-31-33-102-35-36-103-34-32-101-30-28-99-26-24-97-22-17-78-70(87)15-18-83-72(89)13-14-73(83)90)63(86)37-51(3)75(91)81-56-10-7-52(8-11-56)54-38-57-45-79-61-43-68(65(94-4)41-59(61)76(92)84(57)47-54)104-19-6-20-105-69-44-62-60(42-66(69)95-5)77(93)85-48-55(39-58(85)46-80-62)53-9-12-64-67(40-53)107-49-106-64/h7-14,40-44,46-48,50-51,57-58,74,79H,6,15-39,45,49H2,1-5H3,(H,78,87)(H,81,91)(H,82,88)/t51-,57+,58+,74?/m1/s1. The average Bonchev–Trinajstić information content (AvgIpc) is 1.64. The first kappa shape index (κ1) is 79.8. The van der Waals surface area contributed by atoms with Gasteiger partial charge in [-0.05, 0) is 71.0 Å². The Hall–Kier alpha value is -9.79. The first-order valence-corrected chi connectivity index (χ1v) is 36.2. The van der Waals surface area contributed by atoms with Crippen molar-refractivity contribution in [1.29, 1.82) is 0 Å². The van der Waals surface area contributed by atoms with Crippen LogP contribution in [-0.4, -0.2) is 246 Å². The van der Waals surface area contributed by atoms with Crippen molar-refractivity contribution in [3.05, 3.63) is 114 Å². The molecule has 4 atom stereocenters. The van der Waals surface area contributed by atoms with Crippen molar-refractivity contribution in [2.24, 2.45) is 16.8 Å². The van der Waals surface area contributed by atoms with Crippen molar-refractivity contribution in [3.63, 3.8) is 0 Å². The van der Waals surface area contributed by atoms with Crippen LogP contribution in [-0.2, 0) is 66.7 Å². The van der Waals surface area contributed by atoms with E-state index in [-0.39, 0.29) is 112 Å². The monoisotopic (exact) mass is 1480 g/mol. The molecule has 0 saturated heterocycles. The number of carbonyl (C=O) groups is 8. The Kier molecular flexibility index (Phi) is 30.4. The number of rotatable bonds is 47. The number of hydrogen-bond donors (Lipinski definition) is 4. The van der Waals surface area contributed by atoms with E-state index in [1.54, 1.807) is 59.3 Å². The van der Waals surface area contributed by atoms with E-state index in [0.29, 0.717) is 188 Å². The topological polar surface area (TPSA) is 336 Å². The van der Waals surface area contributed by atoms with Gasteiger partial charge < -0.3 is 97.4 Å². The third-order valence-corrected chi connectivity index (χ3v) is 18.1. The number of imide groups is 1. The van der Waals surface area contributed by atoms with Gasteiger partial charge in [-0.1, -0.05) is 39.0 Å². The van der Waals surface area contributed by atoms with Gasteiger partial charge in [-0.2, -0.15) is 0 Å². The van der Waals surface area contributed by atoms with Crippen molar-refractivity contribution in [2.45, 2.75) is 77.4 Å². The largest absolute Gasteiger partial charge is 0.493 e. The highest BCUT2D eigenvalue weighted by molar-refractivity contribution is 6.13. The minimum absolute atomic E-state index is 0.0287. The van der Waals surface area contributed by atoms with Gasteiger partial charge in [-0.15, -0.1) is 0 Å². The van der Waals surface area contributed by atoms with Crippen molar-refractivity contribution in [1.82, 2.24) is 25.3 Å². The summed E-state index contributed by atoms with van der Waals surface area (Å²) in [5, 5.41) is 11.9. The lowest BCUT2D eigenvalue weighted by Gasteiger charge is -2.23. The highest BCUT2D eigenvalue weighted by atomic mass is 16.7. The highest BCUT2D eigenvalue weighted by Gasteiger charge is 2.37. The number of amides is 7. The second kappa shape index (κ2) is 40.8. The van der Waals surface area contributed by atoms with Gasteiger partial charge in [-0.25, -0.2) is 0 Å². The second-order valence-electron chi connectivity index (χ2n) is 26.0. The summed E-state index contributed by atoms with van der Waals surface area (Å²) in [5.41, 5.74) is 6.23. The Morgan fingerprint density at radius 2 is 1.13 bits per heavy atom. The summed E-state index contributed by atoms with van der Waals surface area (Å²) in [6.07, 6.45) is 9.52. The number of fused-ring (bicyclic) bond motifs is 5. The van der Waals surface area contributed by atoms with Crippen LogP contribution >= 0.6 is 0 Å². The maximum Gasteiger partial charge on any atom is 0.260 e. The van der Waals surface area contributed by atoms with Gasteiger partial charge in [0.25, 0.3) is 23.6 Å². The molecule has 0 aliphatic carbocycles. The van der Waals surface area contributed by atoms with Crippen LogP contribution in [0.15, 0.2) is 96.3 Å². The number of ketones is 1. The smallest absolute Gasteiger partial charge is 0.260 e. The molecule has 30 nitrogen and oxygen atoms in total. The Labute approximate surface area is 621 Å². The molecule has 0 spiro atoms. The van der Waals surface area contributed by atoms with E-state index in [1.165, 1.54) is 26.4 Å². The molecule has 1 unspecified atom stereocenters. The fraction of sp³-hybridized carbons (Fsp3) is 0.494. The molecule has 0 bridgehead atoms. The number of Topliss-reactive ketones (excluding diaryl/α,β-unsaturated/α-hetero) is 1. The van der Waals surface area contributed by atoms with Crippen LogP contribution in [0.2, 0.25) is 0 Å². The van der Waals surface area contributed by atoms with Crippen LogP contribution in [0.25, 0.3) is 11.1 Å². The molecule has 107 heavy (non-hydrogen) atoms. The molecule has 6 heterocycles. The first-order valence-electron chi connectivity index (χ1n) is 36.2. The summed E-state index contributed by atoms with van der Waals surface area (Å²) in [6.45, 7) is 12.6. The van der Waals surface area contributed by atoms with Crippen LogP contribution in [0.5, 0.6) is 34.5 Å². The second-order valence-corrected chi connectivity index (χ2v) is 26.0. The van der Waals surface area contributed by atoms with Gasteiger partial charge in [0.2, 0.25) is 24.5 Å². The number of nitrogens with zero attached hydrogens (tertiary/aromatic N) is 4. The third-order valence-electron chi connectivity index (χ3n) is 18.1. The molecule has 4 N–H and O–H groups in total. The quantitative estimate of drug-likeness (QED) is 0.0269. The van der Waals surface area contributed by atoms with Crippen LogP contribution in [0, 0.1) is 11.8 Å². The van der Waals surface area contributed by atoms with Crippen molar-refractivity contribution < 1.29 is 105 Å². The van der Waals surface area contributed by atoms with E-state index in [1.807, 2.05) is 56.6 Å². The molecule has 0 saturated carbocycles. The Bertz CT molecular complexity index is 3860. The molecule has 0 aromatic heterocycles. The summed E-state index contributed by atoms with van der Waals surface area (Å²) in [6, 6.07) is 18.7. The number of nitrogens with one attached hydrogen (secondary N) is 4. The molecular weight excluding hydrogens is 1390 g/mol. The van der Waals surface area contributed by atoms with Crippen LogP contribution < -0.4 is 49.7 Å². The Balaban J connectivity index is 0.538. The number of hydrogen-bond acceptors (Lipinski definition) is 24. The first-order chi connectivity index (χ1) is 52.0. The Morgan fingerprint density at radius 1 is 0.579 bits per heavy atom. The van der Waals surface area contributed by atoms with E-state index in [4.69, 9.17) is 71.3 Å². The molecule has 6 aliphatic rings. The number of aliphatic imine (C=N–C) groups is 1. The molecular formula is C77H96N8O22. The molecule has 576 valence electrons. The third kappa shape index (κ3) is 22.9. The number of carbonyl (C=O) groups excluding carboxylic acids is 8. The molecule has 30 heteroatoms. The number of anilines is 2. The van der Waals surface area contributed by atoms with E-state index < -0.39 is 23.8 Å². The zero-order valence-corrected chi connectivity index (χ0v) is 61.2. The zero-order valence-electron chi connectivity index (χ0n) is 61.2. The van der Waals surface area contributed by atoms with Crippen molar-refractivity contribution >= 4 is 81.6 Å². The fourth-order valence-corrected chi connectivity index (χ4v) is 12.3. The molecule has 10 rings (SSSR count). The van der Waals surface area contributed by atoms with Gasteiger partial charge in [0, 0.05) is 106 Å². The zero-order chi connectivity index (χ0) is 75.4. The van der Waals surface area contributed by atoms with Gasteiger partial charge in [0.1, 0.15) is 0 Å². The van der Waals surface area contributed by atoms with Gasteiger partial charge in [-0.3, -0.25) is 48.2 Å². The molecule has 7 amide bonds. The van der Waals surface area contributed by atoms with Crippen LogP contribution in [0.3, 0.4) is 0 Å². The van der Waals surface area contributed by atoms with E-state index >= 15 is 0 Å². The summed E-state index contributed by atoms with van der Waals surface area (Å²) in [4.78, 5) is 112. The minimum Gasteiger partial charge on any atom is -0.493 e. The lowest BCUT2D eigenvalue weighted by Crippen LogP contribution is -2.45. The summed E-state index contributed by atoms with van der Waals surface area (Å²) >= 11 is 0. The van der Waals surface area contributed by atoms with Crippen LogP contribution in [0.4, 0.5) is 17.1 Å². The highest BCUT2D eigenvalue weighted by Crippen LogP contribution is 2.43. The lowest BCUT2D eigenvalue weighted by molar-refractivity contribution is -0.137. The molecule has 0 fully saturated rings. The maximum absolute atomic E-state index is 14.2. The summed E-state index contributed by atoms with van der Waals surface area (Å²) in [7, 11) is 3.05. The number of ether oxygens (including phenoxy) is 14. The lowest BCUT2D eigenvalue weighted by atomic mass is 9.92. The minimum atomic E-state index is -0.788. The van der Waals surface area contributed by atoms with Gasteiger partial charge in [0.05, 0.1) is 174 Å². The van der Waals surface area contributed by atoms with Gasteiger partial charge >= 0.3 is 0 Å². The molecule has 6 aliphatic heterocycles. The number of benzene rings is 4. The van der Waals surface area contributed by atoms with E-state index in [0.717, 1.165) is 27.2 Å². The number of methoxy groups -OCH3 is 2. The van der Waals surface area contributed by atoms with Crippen molar-refractivity contribution in [2.75, 3.05) is 170 Å². The summed E-state index contributed by atoms with van der Waals surface area (Å²) < 4.78 is 79.0. The average molecular weight is 1490 g/mol. The van der Waals surface area contributed by atoms with E-state index in [9.17, 15) is 38.4 Å². The van der Waals surface area contributed by atoms with Crippen molar-refractivity contribution in [3.8, 4) is 34.5 Å². The normalized spacial score (nSPS) is 16.6. The van der Waals surface area contributed by atoms with E-state index in [2.05, 4.69) is 21.3 Å². The molecule has 4 aromatic carbocycles. The Morgan fingerprint density at radius 3 is 1.75 bits per heavy atom. The predicted octanol–water partition coefficient (Wildman–Crippen LogP) is 6.56. The molecule has 4 aromatic rings.